The minimum Gasteiger partial charge on any atom is -0.493 e. The molecular weight excluding hydrogens is 312 g/mol. The predicted octanol–water partition coefficient (Wildman–Crippen LogP) is 2.44. The molecule has 1 atom stereocenters. The summed E-state index contributed by atoms with van der Waals surface area (Å²) in [5.41, 5.74) is 2.10. The summed E-state index contributed by atoms with van der Waals surface area (Å²) in [6.07, 6.45) is 2.45. The number of hydrogen-bond donors (Lipinski definition) is 2. The molecule has 5 nitrogen and oxygen atoms in total. The van der Waals surface area contributed by atoms with Crippen LogP contribution in [0.15, 0.2) is 35.5 Å². The zero-order valence-corrected chi connectivity index (χ0v) is 14.0. The minimum atomic E-state index is -0.383. The summed E-state index contributed by atoms with van der Waals surface area (Å²) in [7, 11) is 1.38. The van der Waals surface area contributed by atoms with Crippen LogP contribution in [0.1, 0.15) is 31.4 Å². The van der Waals surface area contributed by atoms with Gasteiger partial charge in [0.15, 0.2) is 5.11 Å². The Bertz CT molecular complexity index is 668. The molecule has 1 aliphatic heterocycles. The molecule has 23 heavy (non-hydrogen) atoms. The lowest BCUT2D eigenvalue weighted by Crippen LogP contribution is -2.45. The second kappa shape index (κ2) is 6.58. The minimum absolute atomic E-state index is 0.382. The van der Waals surface area contributed by atoms with Gasteiger partial charge in [-0.25, -0.2) is 4.79 Å². The van der Waals surface area contributed by atoms with E-state index in [9.17, 15) is 4.79 Å². The third-order valence-electron chi connectivity index (χ3n) is 4.08. The fourth-order valence-electron chi connectivity index (χ4n) is 2.65. The zero-order chi connectivity index (χ0) is 16.4. The van der Waals surface area contributed by atoms with Crippen molar-refractivity contribution in [3.8, 4) is 5.75 Å². The van der Waals surface area contributed by atoms with E-state index in [0.29, 0.717) is 28.9 Å². The second-order valence-corrected chi connectivity index (χ2v) is 6.26. The summed E-state index contributed by atoms with van der Waals surface area (Å²) in [6.45, 7) is 2.53. The van der Waals surface area contributed by atoms with Crippen molar-refractivity contribution < 1.29 is 14.3 Å². The molecule has 0 amide bonds. The first-order chi connectivity index (χ1) is 11.1. The molecule has 6 heteroatoms. The molecule has 122 valence electrons. The summed E-state index contributed by atoms with van der Waals surface area (Å²) < 4.78 is 10.9. The van der Waals surface area contributed by atoms with Gasteiger partial charge in [-0.15, -0.1) is 0 Å². The van der Waals surface area contributed by atoms with Crippen LogP contribution in [0.3, 0.4) is 0 Å². The molecule has 1 aromatic carbocycles. The van der Waals surface area contributed by atoms with Gasteiger partial charge in [0, 0.05) is 11.3 Å². The van der Waals surface area contributed by atoms with Crippen LogP contribution >= 0.6 is 12.2 Å². The highest BCUT2D eigenvalue weighted by atomic mass is 32.1. The maximum Gasteiger partial charge on any atom is 0.337 e. The number of rotatable bonds is 5. The lowest BCUT2D eigenvalue weighted by molar-refractivity contribution is -0.136. The van der Waals surface area contributed by atoms with Gasteiger partial charge in [0.2, 0.25) is 0 Å². The largest absolute Gasteiger partial charge is 0.493 e. The average molecular weight is 332 g/mol. The Balaban J connectivity index is 1.95. The van der Waals surface area contributed by atoms with Crippen molar-refractivity contribution in [1.29, 1.82) is 0 Å². The van der Waals surface area contributed by atoms with E-state index in [2.05, 4.69) is 10.6 Å². The van der Waals surface area contributed by atoms with Gasteiger partial charge in [-0.2, -0.15) is 0 Å². The number of allylic oxidation sites excluding steroid dienone is 1. The molecule has 3 rings (SSSR count). The van der Waals surface area contributed by atoms with Gasteiger partial charge in [0.25, 0.3) is 0 Å². The lowest BCUT2D eigenvalue weighted by Gasteiger charge is -2.30. The fourth-order valence-corrected chi connectivity index (χ4v) is 2.92. The van der Waals surface area contributed by atoms with Crippen LogP contribution in [0.4, 0.5) is 0 Å². The number of esters is 1. The Morgan fingerprint density at radius 2 is 2.09 bits per heavy atom. The molecule has 0 saturated heterocycles. The van der Waals surface area contributed by atoms with Crippen molar-refractivity contribution in [2.45, 2.75) is 25.8 Å². The normalized spacial score (nSPS) is 20.6. The van der Waals surface area contributed by atoms with Crippen LogP contribution in [0.2, 0.25) is 0 Å². The zero-order valence-electron chi connectivity index (χ0n) is 13.2. The Morgan fingerprint density at radius 3 is 2.78 bits per heavy atom. The molecule has 2 N–H and O–H groups in total. The molecule has 0 bridgehead atoms. The van der Waals surface area contributed by atoms with Crippen molar-refractivity contribution in [3.63, 3.8) is 0 Å². The summed E-state index contributed by atoms with van der Waals surface area (Å²) in [4.78, 5) is 12.2. The van der Waals surface area contributed by atoms with Crippen LogP contribution in [0, 0.1) is 5.92 Å². The van der Waals surface area contributed by atoms with Gasteiger partial charge in [-0.3, -0.25) is 0 Å². The maximum atomic E-state index is 12.2. The Kier molecular flexibility index (Phi) is 4.52. The first kappa shape index (κ1) is 15.8. The van der Waals surface area contributed by atoms with E-state index in [-0.39, 0.29) is 12.0 Å². The number of para-hydroxylation sites is 1. The molecule has 0 unspecified atom stereocenters. The van der Waals surface area contributed by atoms with Crippen molar-refractivity contribution >= 4 is 23.3 Å². The van der Waals surface area contributed by atoms with Gasteiger partial charge >= 0.3 is 5.97 Å². The van der Waals surface area contributed by atoms with Crippen LogP contribution in [-0.2, 0) is 9.53 Å². The SMILES string of the molecule is COC(=O)C1=C(C)NC(=S)N[C@H]1c1ccccc1OCC1CC1. The predicted molar refractivity (Wildman–Crippen MR) is 91.0 cm³/mol. The molecule has 1 fully saturated rings. The van der Waals surface area contributed by atoms with E-state index in [4.69, 9.17) is 21.7 Å². The Morgan fingerprint density at radius 1 is 1.35 bits per heavy atom. The molecule has 0 aromatic heterocycles. The van der Waals surface area contributed by atoms with Crippen LogP contribution in [0.5, 0.6) is 5.75 Å². The van der Waals surface area contributed by atoms with E-state index in [1.807, 2.05) is 31.2 Å². The second-order valence-electron chi connectivity index (χ2n) is 5.85. The van der Waals surface area contributed by atoms with Crippen LogP contribution in [-0.4, -0.2) is 24.8 Å². The number of benzene rings is 1. The van der Waals surface area contributed by atoms with Crippen molar-refractivity contribution in [1.82, 2.24) is 10.6 Å². The third kappa shape index (κ3) is 3.47. The number of hydrogen-bond acceptors (Lipinski definition) is 4. The van der Waals surface area contributed by atoms with E-state index >= 15 is 0 Å². The fraction of sp³-hybridized carbons (Fsp3) is 0.412. The molecule has 1 heterocycles. The Labute approximate surface area is 141 Å². The standard InChI is InChI=1S/C17H20N2O3S/c1-10-14(16(20)21-2)15(19-17(23)18-10)12-5-3-4-6-13(12)22-9-11-7-8-11/h3-6,11,15H,7-9H2,1-2H3,(H2,18,19,23)/t15-/m0/s1. The van der Waals surface area contributed by atoms with Gasteiger partial charge in [-0.1, -0.05) is 18.2 Å². The summed E-state index contributed by atoms with van der Waals surface area (Å²) in [5.74, 6) is 1.05. The first-order valence-electron chi connectivity index (χ1n) is 7.68. The highest BCUT2D eigenvalue weighted by Crippen LogP contribution is 2.35. The van der Waals surface area contributed by atoms with Crippen molar-refractivity contribution in [3.05, 3.63) is 41.1 Å². The molecule has 0 spiro atoms. The summed E-state index contributed by atoms with van der Waals surface area (Å²) in [5, 5.41) is 6.62. The number of methoxy groups -OCH3 is 1. The maximum absolute atomic E-state index is 12.2. The number of thiocarbonyl (C=S) groups is 1. The van der Waals surface area contributed by atoms with Gasteiger partial charge in [0.1, 0.15) is 5.75 Å². The summed E-state index contributed by atoms with van der Waals surface area (Å²) in [6, 6.07) is 7.35. The molecule has 1 aliphatic carbocycles. The Hall–Kier alpha value is -2.08. The quantitative estimate of drug-likeness (QED) is 0.638. The van der Waals surface area contributed by atoms with E-state index in [0.717, 1.165) is 11.3 Å². The highest BCUT2D eigenvalue weighted by molar-refractivity contribution is 7.80. The molecule has 1 aromatic rings. The number of ether oxygens (including phenoxy) is 2. The molecular formula is C17H20N2O3S. The topological polar surface area (TPSA) is 59.6 Å². The number of nitrogens with one attached hydrogen (secondary N) is 2. The molecule has 0 radical (unpaired) electrons. The monoisotopic (exact) mass is 332 g/mol. The lowest BCUT2D eigenvalue weighted by atomic mass is 9.95. The van der Waals surface area contributed by atoms with E-state index < -0.39 is 0 Å². The van der Waals surface area contributed by atoms with E-state index in [1.165, 1.54) is 20.0 Å². The molecule has 1 saturated carbocycles. The first-order valence-corrected chi connectivity index (χ1v) is 8.09. The third-order valence-corrected chi connectivity index (χ3v) is 4.30. The van der Waals surface area contributed by atoms with Gasteiger partial charge in [-0.05, 0) is 44.0 Å². The van der Waals surface area contributed by atoms with Crippen LogP contribution in [0.25, 0.3) is 0 Å². The van der Waals surface area contributed by atoms with Crippen LogP contribution < -0.4 is 15.4 Å². The van der Waals surface area contributed by atoms with Crippen molar-refractivity contribution in [2.24, 2.45) is 5.92 Å². The number of carbonyl (C=O) groups is 1. The van der Waals surface area contributed by atoms with Gasteiger partial charge in [0.05, 0.1) is 25.3 Å². The van der Waals surface area contributed by atoms with Crippen molar-refractivity contribution in [2.75, 3.05) is 13.7 Å². The smallest absolute Gasteiger partial charge is 0.337 e. The van der Waals surface area contributed by atoms with E-state index in [1.54, 1.807) is 0 Å². The summed E-state index contributed by atoms with van der Waals surface area (Å²) >= 11 is 5.25. The molecule has 2 aliphatic rings. The average Bonchev–Trinajstić information content (AvgIpc) is 3.36. The highest BCUT2D eigenvalue weighted by Gasteiger charge is 2.32. The van der Waals surface area contributed by atoms with Gasteiger partial charge < -0.3 is 20.1 Å². The number of carbonyl (C=O) groups excluding carboxylic acids is 1.